The lowest BCUT2D eigenvalue weighted by Gasteiger charge is -2.05. The Hall–Kier alpha value is -3.14. The lowest BCUT2D eigenvalue weighted by atomic mass is 10.0. The molecule has 0 aliphatic rings. The molecule has 126 valence electrons. The number of ether oxygens (including phenoxy) is 1. The number of aromatic hydroxyl groups is 1. The molecular formula is C21H19NO3. The van der Waals surface area contributed by atoms with Gasteiger partial charge in [-0.05, 0) is 47.5 Å². The second-order valence-corrected chi connectivity index (χ2v) is 5.66. The van der Waals surface area contributed by atoms with Gasteiger partial charge in [0, 0.05) is 11.8 Å². The van der Waals surface area contributed by atoms with E-state index >= 15 is 0 Å². The van der Waals surface area contributed by atoms with Crippen LogP contribution in [0.1, 0.15) is 29.3 Å². The monoisotopic (exact) mass is 333 g/mol. The van der Waals surface area contributed by atoms with Gasteiger partial charge in [-0.25, -0.2) is 4.79 Å². The number of fused-ring (bicyclic) bond motifs is 1. The summed E-state index contributed by atoms with van der Waals surface area (Å²) >= 11 is 0. The minimum atomic E-state index is -0.330. The van der Waals surface area contributed by atoms with Crippen LogP contribution >= 0.6 is 0 Å². The molecule has 0 spiro atoms. The molecule has 3 aromatic carbocycles. The van der Waals surface area contributed by atoms with Gasteiger partial charge in [0.1, 0.15) is 5.75 Å². The summed E-state index contributed by atoms with van der Waals surface area (Å²) < 4.78 is 5.10. The van der Waals surface area contributed by atoms with Crippen molar-refractivity contribution in [2.45, 2.75) is 13.3 Å². The number of phenols is 1. The highest BCUT2D eigenvalue weighted by molar-refractivity contribution is 6.03. The summed E-state index contributed by atoms with van der Waals surface area (Å²) in [7, 11) is 0. The number of aliphatic imine (C=N–C) groups is 1. The Balaban J connectivity index is 1.83. The third kappa shape index (κ3) is 3.86. The van der Waals surface area contributed by atoms with Crippen LogP contribution in [0, 0.1) is 0 Å². The first kappa shape index (κ1) is 16.7. The van der Waals surface area contributed by atoms with Crippen molar-refractivity contribution in [2.24, 2.45) is 4.99 Å². The molecule has 0 amide bonds. The zero-order chi connectivity index (χ0) is 17.6. The summed E-state index contributed by atoms with van der Waals surface area (Å²) in [5, 5.41) is 12.1. The van der Waals surface area contributed by atoms with Crippen LogP contribution in [-0.4, -0.2) is 23.9 Å². The van der Waals surface area contributed by atoms with E-state index in [2.05, 4.69) is 4.99 Å². The molecule has 0 saturated heterocycles. The van der Waals surface area contributed by atoms with Gasteiger partial charge in [0.05, 0.1) is 17.9 Å². The fourth-order valence-corrected chi connectivity index (χ4v) is 2.52. The SMILES string of the molecule is CCCOC(=O)c1ccc(/N=C/c2c(O)ccc3ccccc23)cc1. The van der Waals surface area contributed by atoms with E-state index in [1.54, 1.807) is 36.5 Å². The largest absolute Gasteiger partial charge is 0.507 e. The molecular weight excluding hydrogens is 314 g/mol. The van der Waals surface area contributed by atoms with Crippen molar-refractivity contribution in [3.05, 3.63) is 71.8 Å². The highest BCUT2D eigenvalue weighted by Crippen LogP contribution is 2.26. The highest BCUT2D eigenvalue weighted by atomic mass is 16.5. The molecule has 25 heavy (non-hydrogen) atoms. The van der Waals surface area contributed by atoms with Crippen LogP contribution in [0.2, 0.25) is 0 Å². The van der Waals surface area contributed by atoms with Gasteiger partial charge in [-0.15, -0.1) is 0 Å². The fourth-order valence-electron chi connectivity index (χ4n) is 2.52. The maximum absolute atomic E-state index is 11.8. The normalized spacial score (nSPS) is 11.1. The lowest BCUT2D eigenvalue weighted by molar-refractivity contribution is 0.0505. The van der Waals surface area contributed by atoms with E-state index in [1.165, 1.54) is 0 Å². The Labute approximate surface area is 146 Å². The van der Waals surface area contributed by atoms with Crippen LogP contribution in [0.3, 0.4) is 0 Å². The molecule has 0 bridgehead atoms. The molecule has 0 atom stereocenters. The minimum Gasteiger partial charge on any atom is -0.507 e. The van der Waals surface area contributed by atoms with Crippen LogP contribution in [0.5, 0.6) is 5.75 Å². The Bertz CT molecular complexity index is 914. The number of esters is 1. The molecule has 0 fully saturated rings. The molecule has 4 nitrogen and oxygen atoms in total. The Morgan fingerprint density at radius 2 is 1.84 bits per heavy atom. The van der Waals surface area contributed by atoms with Gasteiger partial charge in [0.15, 0.2) is 0 Å². The number of benzene rings is 3. The predicted molar refractivity (Wildman–Crippen MR) is 99.9 cm³/mol. The Morgan fingerprint density at radius 3 is 2.60 bits per heavy atom. The summed E-state index contributed by atoms with van der Waals surface area (Å²) in [5.41, 5.74) is 1.87. The fraction of sp³-hybridized carbons (Fsp3) is 0.143. The third-order valence-electron chi connectivity index (χ3n) is 3.83. The van der Waals surface area contributed by atoms with E-state index in [0.29, 0.717) is 23.4 Å². The van der Waals surface area contributed by atoms with Crippen molar-refractivity contribution >= 4 is 28.6 Å². The summed E-state index contributed by atoms with van der Waals surface area (Å²) in [4.78, 5) is 16.2. The number of phenolic OH excluding ortho intramolecular Hbond substituents is 1. The Morgan fingerprint density at radius 1 is 1.08 bits per heavy atom. The molecule has 4 heteroatoms. The van der Waals surface area contributed by atoms with Crippen molar-refractivity contribution in [1.82, 2.24) is 0 Å². The van der Waals surface area contributed by atoms with E-state index in [1.807, 2.05) is 37.3 Å². The van der Waals surface area contributed by atoms with Crippen molar-refractivity contribution in [3.63, 3.8) is 0 Å². The van der Waals surface area contributed by atoms with E-state index in [0.717, 1.165) is 17.2 Å². The van der Waals surface area contributed by atoms with Crippen LogP contribution in [0.4, 0.5) is 5.69 Å². The average molecular weight is 333 g/mol. The molecule has 3 rings (SSSR count). The van der Waals surface area contributed by atoms with Gasteiger partial charge in [-0.3, -0.25) is 4.99 Å². The van der Waals surface area contributed by atoms with E-state index in [4.69, 9.17) is 4.74 Å². The van der Waals surface area contributed by atoms with Gasteiger partial charge in [0.2, 0.25) is 0 Å². The number of hydrogen-bond acceptors (Lipinski definition) is 4. The summed E-state index contributed by atoms with van der Waals surface area (Å²) in [6, 6.07) is 18.2. The second-order valence-electron chi connectivity index (χ2n) is 5.66. The van der Waals surface area contributed by atoms with Gasteiger partial charge >= 0.3 is 5.97 Å². The van der Waals surface area contributed by atoms with Gasteiger partial charge < -0.3 is 9.84 Å². The Kier molecular flexibility index (Phi) is 5.09. The molecule has 3 aromatic rings. The maximum atomic E-state index is 11.8. The average Bonchev–Trinajstić information content (AvgIpc) is 2.65. The van der Waals surface area contributed by atoms with Crippen LogP contribution in [0.15, 0.2) is 65.7 Å². The van der Waals surface area contributed by atoms with Crippen molar-refractivity contribution in [1.29, 1.82) is 0 Å². The maximum Gasteiger partial charge on any atom is 0.338 e. The number of carbonyl (C=O) groups excluding carboxylic acids is 1. The van der Waals surface area contributed by atoms with E-state index in [9.17, 15) is 9.90 Å². The van der Waals surface area contributed by atoms with E-state index in [-0.39, 0.29) is 11.7 Å². The standard InChI is InChI=1S/C21H19NO3/c1-2-13-25-21(24)16-7-10-17(11-8-16)22-14-19-18-6-4-3-5-15(18)9-12-20(19)23/h3-12,14,23H,2,13H2,1H3/b22-14+. The topological polar surface area (TPSA) is 58.9 Å². The minimum absolute atomic E-state index is 0.183. The summed E-state index contributed by atoms with van der Waals surface area (Å²) in [6.07, 6.45) is 2.44. The molecule has 0 saturated carbocycles. The summed E-state index contributed by atoms with van der Waals surface area (Å²) in [5.74, 6) is -0.147. The predicted octanol–water partition coefficient (Wildman–Crippen LogP) is 4.86. The zero-order valence-electron chi connectivity index (χ0n) is 14.0. The molecule has 1 N–H and O–H groups in total. The first-order valence-electron chi connectivity index (χ1n) is 8.21. The number of nitrogens with zero attached hydrogens (tertiary/aromatic N) is 1. The van der Waals surface area contributed by atoms with Crippen molar-refractivity contribution in [2.75, 3.05) is 6.61 Å². The second kappa shape index (κ2) is 7.62. The van der Waals surface area contributed by atoms with Crippen LogP contribution in [-0.2, 0) is 4.74 Å². The molecule has 0 aromatic heterocycles. The molecule has 0 unspecified atom stereocenters. The van der Waals surface area contributed by atoms with Gasteiger partial charge in [-0.2, -0.15) is 0 Å². The quantitative estimate of drug-likeness (QED) is 0.535. The van der Waals surface area contributed by atoms with Crippen LogP contribution in [0.25, 0.3) is 10.8 Å². The smallest absolute Gasteiger partial charge is 0.338 e. The van der Waals surface area contributed by atoms with Gasteiger partial charge in [0.25, 0.3) is 0 Å². The first-order chi connectivity index (χ1) is 12.2. The molecule has 0 heterocycles. The first-order valence-corrected chi connectivity index (χ1v) is 8.21. The number of hydrogen-bond donors (Lipinski definition) is 1. The number of carbonyl (C=O) groups is 1. The molecule has 0 radical (unpaired) electrons. The third-order valence-corrected chi connectivity index (χ3v) is 3.83. The lowest BCUT2D eigenvalue weighted by Crippen LogP contribution is -2.05. The van der Waals surface area contributed by atoms with Gasteiger partial charge in [-0.1, -0.05) is 37.3 Å². The highest BCUT2D eigenvalue weighted by Gasteiger charge is 2.07. The molecule has 0 aliphatic carbocycles. The molecule has 0 aliphatic heterocycles. The van der Waals surface area contributed by atoms with Crippen molar-refractivity contribution < 1.29 is 14.6 Å². The summed E-state index contributed by atoms with van der Waals surface area (Å²) in [6.45, 7) is 2.37. The number of rotatable bonds is 5. The van der Waals surface area contributed by atoms with E-state index < -0.39 is 0 Å². The van der Waals surface area contributed by atoms with Crippen LogP contribution < -0.4 is 0 Å². The van der Waals surface area contributed by atoms with Crippen molar-refractivity contribution in [3.8, 4) is 5.75 Å². The zero-order valence-corrected chi connectivity index (χ0v) is 14.0.